The minimum Gasteiger partial charge on any atom is -0.375 e. The van der Waals surface area contributed by atoms with Crippen molar-refractivity contribution < 1.29 is 9.18 Å². The third-order valence-corrected chi connectivity index (χ3v) is 3.30. The molecule has 0 spiro atoms. The van der Waals surface area contributed by atoms with Crippen LogP contribution in [0, 0.1) is 5.82 Å². The summed E-state index contributed by atoms with van der Waals surface area (Å²) in [5.74, 6) is -0.549. The number of halogens is 2. The highest BCUT2D eigenvalue weighted by molar-refractivity contribution is 7.13. The second-order valence-electron chi connectivity index (χ2n) is 3.81. The number of anilines is 1. The van der Waals surface area contributed by atoms with E-state index in [1.54, 1.807) is 5.38 Å². The van der Waals surface area contributed by atoms with Gasteiger partial charge >= 0.3 is 0 Å². The first kappa shape index (κ1) is 13.0. The molecular formula is C12H10ClFN2OS. The SMILES string of the molecule is Nc1nc(CC(=O)Cc2cc(Cl)ccc2F)cs1. The van der Waals surface area contributed by atoms with Gasteiger partial charge in [-0.15, -0.1) is 11.3 Å². The van der Waals surface area contributed by atoms with Gasteiger partial charge < -0.3 is 5.73 Å². The van der Waals surface area contributed by atoms with Crippen LogP contribution >= 0.6 is 22.9 Å². The third kappa shape index (κ3) is 3.27. The number of nitrogens with zero attached hydrogens (tertiary/aromatic N) is 1. The van der Waals surface area contributed by atoms with Crippen LogP contribution in [0.1, 0.15) is 11.3 Å². The molecule has 0 saturated heterocycles. The van der Waals surface area contributed by atoms with Crippen molar-refractivity contribution in [2.24, 2.45) is 0 Å². The van der Waals surface area contributed by atoms with Crippen LogP contribution in [0.4, 0.5) is 9.52 Å². The average molecular weight is 285 g/mol. The van der Waals surface area contributed by atoms with Gasteiger partial charge in [-0.05, 0) is 23.8 Å². The van der Waals surface area contributed by atoms with Gasteiger partial charge in [-0.1, -0.05) is 11.6 Å². The second kappa shape index (κ2) is 5.46. The fraction of sp³-hybridized carbons (Fsp3) is 0.167. The van der Waals surface area contributed by atoms with Crippen LogP contribution in [-0.4, -0.2) is 10.8 Å². The first-order valence-corrected chi connectivity index (χ1v) is 6.46. The number of aromatic nitrogens is 1. The molecular weight excluding hydrogens is 275 g/mol. The summed E-state index contributed by atoms with van der Waals surface area (Å²) < 4.78 is 13.4. The number of nitrogens with two attached hydrogens (primary N) is 1. The Labute approximate surface area is 112 Å². The maximum Gasteiger partial charge on any atom is 0.180 e. The molecule has 1 heterocycles. The molecule has 0 amide bonds. The molecule has 94 valence electrons. The van der Waals surface area contributed by atoms with Gasteiger partial charge in [0.05, 0.1) is 5.69 Å². The Bertz CT molecular complexity index is 585. The van der Waals surface area contributed by atoms with Crippen LogP contribution in [0.15, 0.2) is 23.6 Å². The van der Waals surface area contributed by atoms with E-state index in [1.165, 1.54) is 29.5 Å². The zero-order valence-electron chi connectivity index (χ0n) is 9.32. The van der Waals surface area contributed by atoms with Crippen LogP contribution in [0.5, 0.6) is 0 Å². The van der Waals surface area contributed by atoms with Crippen LogP contribution in [0.3, 0.4) is 0 Å². The molecule has 0 unspecified atom stereocenters. The Kier molecular flexibility index (Phi) is 3.93. The van der Waals surface area contributed by atoms with E-state index < -0.39 is 5.82 Å². The van der Waals surface area contributed by atoms with Gasteiger partial charge in [0.1, 0.15) is 11.6 Å². The largest absolute Gasteiger partial charge is 0.375 e. The molecule has 6 heteroatoms. The average Bonchev–Trinajstić information content (AvgIpc) is 2.69. The Morgan fingerprint density at radius 1 is 1.44 bits per heavy atom. The van der Waals surface area contributed by atoms with Gasteiger partial charge in [0.2, 0.25) is 0 Å². The van der Waals surface area contributed by atoms with E-state index in [-0.39, 0.29) is 18.6 Å². The molecule has 1 aromatic carbocycles. The lowest BCUT2D eigenvalue weighted by Crippen LogP contribution is -2.08. The summed E-state index contributed by atoms with van der Waals surface area (Å²) in [7, 11) is 0. The normalized spacial score (nSPS) is 10.6. The van der Waals surface area contributed by atoms with Crippen LogP contribution in [0.2, 0.25) is 5.02 Å². The van der Waals surface area contributed by atoms with Gasteiger partial charge in [-0.25, -0.2) is 9.37 Å². The minimum atomic E-state index is -0.425. The molecule has 0 fully saturated rings. The van der Waals surface area contributed by atoms with Crippen LogP contribution in [-0.2, 0) is 17.6 Å². The quantitative estimate of drug-likeness (QED) is 0.939. The maximum absolute atomic E-state index is 13.4. The third-order valence-electron chi connectivity index (χ3n) is 2.34. The van der Waals surface area contributed by atoms with Crippen molar-refractivity contribution in [1.29, 1.82) is 0 Å². The molecule has 2 rings (SSSR count). The summed E-state index contributed by atoms with van der Waals surface area (Å²) in [5.41, 5.74) is 6.39. The summed E-state index contributed by atoms with van der Waals surface area (Å²) in [6.07, 6.45) is 0.156. The highest BCUT2D eigenvalue weighted by atomic mass is 35.5. The number of thiazole rings is 1. The molecule has 0 radical (unpaired) electrons. The van der Waals surface area contributed by atoms with E-state index in [0.29, 0.717) is 21.4 Å². The molecule has 2 aromatic rings. The van der Waals surface area contributed by atoms with E-state index in [2.05, 4.69) is 4.98 Å². The number of carbonyl (C=O) groups excluding carboxylic acids is 1. The molecule has 2 N–H and O–H groups in total. The fourth-order valence-electron chi connectivity index (χ4n) is 1.56. The molecule has 0 aliphatic heterocycles. The second-order valence-corrected chi connectivity index (χ2v) is 5.13. The number of hydrogen-bond donors (Lipinski definition) is 1. The molecule has 0 aliphatic carbocycles. The predicted octanol–water partition coefficient (Wildman–Crippen LogP) is 2.87. The Hall–Kier alpha value is -1.46. The molecule has 1 aromatic heterocycles. The Morgan fingerprint density at radius 2 is 2.22 bits per heavy atom. The summed E-state index contributed by atoms with van der Waals surface area (Å²) in [6.45, 7) is 0. The van der Waals surface area contributed by atoms with Gasteiger partial charge in [0.25, 0.3) is 0 Å². The zero-order chi connectivity index (χ0) is 13.1. The number of carbonyl (C=O) groups is 1. The fourth-order valence-corrected chi connectivity index (χ4v) is 2.32. The van der Waals surface area contributed by atoms with E-state index in [4.69, 9.17) is 17.3 Å². The van der Waals surface area contributed by atoms with Crippen LogP contribution in [0.25, 0.3) is 0 Å². The predicted molar refractivity (Wildman–Crippen MR) is 70.4 cm³/mol. The van der Waals surface area contributed by atoms with E-state index in [0.717, 1.165) is 0 Å². The van der Waals surface area contributed by atoms with Crippen molar-refractivity contribution in [2.75, 3.05) is 5.73 Å². The first-order chi connectivity index (χ1) is 8.54. The molecule has 0 saturated carbocycles. The highest BCUT2D eigenvalue weighted by Gasteiger charge is 2.11. The van der Waals surface area contributed by atoms with Crippen molar-refractivity contribution in [3.63, 3.8) is 0 Å². The van der Waals surface area contributed by atoms with Crippen molar-refractivity contribution in [1.82, 2.24) is 4.98 Å². The molecule has 3 nitrogen and oxygen atoms in total. The van der Waals surface area contributed by atoms with Crippen LogP contribution < -0.4 is 5.73 Å². The summed E-state index contributed by atoms with van der Waals surface area (Å²) in [6, 6.07) is 4.17. The van der Waals surface area contributed by atoms with Gasteiger partial charge in [-0.3, -0.25) is 4.79 Å². The molecule has 0 atom stereocenters. The summed E-state index contributed by atoms with van der Waals surface area (Å²) in [4.78, 5) is 15.8. The molecule has 0 bridgehead atoms. The lowest BCUT2D eigenvalue weighted by Gasteiger charge is -2.02. The number of Topliss-reactive ketones (excluding diaryl/α,β-unsaturated/α-hetero) is 1. The van der Waals surface area contributed by atoms with Crippen molar-refractivity contribution >= 4 is 33.9 Å². The number of benzene rings is 1. The summed E-state index contributed by atoms with van der Waals surface area (Å²) in [5, 5.41) is 2.56. The summed E-state index contributed by atoms with van der Waals surface area (Å²) >= 11 is 7.04. The first-order valence-electron chi connectivity index (χ1n) is 5.20. The Balaban J connectivity index is 2.05. The monoisotopic (exact) mass is 284 g/mol. The number of rotatable bonds is 4. The van der Waals surface area contributed by atoms with Gasteiger partial charge in [0.15, 0.2) is 5.13 Å². The topological polar surface area (TPSA) is 56.0 Å². The number of hydrogen-bond acceptors (Lipinski definition) is 4. The smallest absolute Gasteiger partial charge is 0.180 e. The van der Waals surface area contributed by atoms with E-state index in [9.17, 15) is 9.18 Å². The highest BCUT2D eigenvalue weighted by Crippen LogP contribution is 2.17. The minimum absolute atomic E-state index is 0.00379. The molecule has 18 heavy (non-hydrogen) atoms. The lowest BCUT2D eigenvalue weighted by molar-refractivity contribution is -0.117. The van der Waals surface area contributed by atoms with Gasteiger partial charge in [-0.2, -0.15) is 0 Å². The lowest BCUT2D eigenvalue weighted by atomic mass is 10.1. The van der Waals surface area contributed by atoms with Crippen molar-refractivity contribution in [2.45, 2.75) is 12.8 Å². The molecule has 0 aliphatic rings. The number of ketones is 1. The van der Waals surface area contributed by atoms with E-state index in [1.807, 2.05) is 0 Å². The van der Waals surface area contributed by atoms with Gasteiger partial charge in [0, 0.05) is 23.2 Å². The Morgan fingerprint density at radius 3 is 2.89 bits per heavy atom. The maximum atomic E-state index is 13.4. The van der Waals surface area contributed by atoms with E-state index >= 15 is 0 Å². The standard InChI is InChI=1S/C12H10ClFN2OS/c13-8-1-2-11(14)7(3-8)4-10(17)5-9-6-18-12(15)16-9/h1-3,6H,4-5H2,(H2,15,16). The number of nitrogen functional groups attached to an aromatic ring is 1. The van der Waals surface area contributed by atoms with Crippen molar-refractivity contribution in [3.05, 3.63) is 45.7 Å². The zero-order valence-corrected chi connectivity index (χ0v) is 10.9. The van der Waals surface area contributed by atoms with Crippen molar-refractivity contribution in [3.8, 4) is 0 Å².